The molecule has 0 saturated carbocycles. The summed E-state index contributed by atoms with van der Waals surface area (Å²) in [7, 11) is 0. The lowest BCUT2D eigenvalue weighted by molar-refractivity contribution is -0.143. The number of anilines is 1. The number of para-hydroxylation sites is 1. The number of rotatable bonds is 7. The van der Waals surface area contributed by atoms with Crippen LogP contribution in [0.2, 0.25) is 0 Å². The van der Waals surface area contributed by atoms with Gasteiger partial charge in [0.2, 0.25) is 0 Å². The van der Waals surface area contributed by atoms with Crippen LogP contribution in [-0.2, 0) is 16.1 Å². The molecular weight excluding hydrogens is 306 g/mol. The molecule has 0 bridgehead atoms. The highest BCUT2D eigenvalue weighted by molar-refractivity contribution is 5.89. The summed E-state index contributed by atoms with van der Waals surface area (Å²) in [5, 5.41) is 2.83. The molecule has 0 fully saturated rings. The van der Waals surface area contributed by atoms with Crippen LogP contribution >= 0.6 is 0 Å². The molecule has 1 aromatic carbocycles. The van der Waals surface area contributed by atoms with E-state index in [-0.39, 0.29) is 25.0 Å². The average molecular weight is 327 g/mol. The number of hydrogen-bond acceptors (Lipinski definition) is 4. The molecule has 0 atom stereocenters. The van der Waals surface area contributed by atoms with Crippen LogP contribution in [0.25, 0.3) is 0 Å². The largest absolute Gasteiger partial charge is 0.466 e. The van der Waals surface area contributed by atoms with E-state index in [1.165, 1.54) is 0 Å². The van der Waals surface area contributed by atoms with Gasteiger partial charge in [0.05, 0.1) is 25.3 Å². The maximum atomic E-state index is 12.5. The Morgan fingerprint density at radius 2 is 1.88 bits per heavy atom. The molecule has 0 saturated heterocycles. The van der Waals surface area contributed by atoms with Crippen molar-refractivity contribution in [3.63, 3.8) is 0 Å². The fourth-order valence-electron chi connectivity index (χ4n) is 2.12. The number of amides is 2. The minimum absolute atomic E-state index is 0.142. The third-order valence-corrected chi connectivity index (χ3v) is 3.28. The topological polar surface area (TPSA) is 71.5 Å². The van der Waals surface area contributed by atoms with Crippen LogP contribution in [0.1, 0.15) is 19.0 Å². The Morgan fingerprint density at radius 3 is 2.54 bits per heavy atom. The van der Waals surface area contributed by atoms with Crippen LogP contribution in [0, 0.1) is 0 Å². The monoisotopic (exact) mass is 327 g/mol. The minimum atomic E-state index is -0.323. The van der Waals surface area contributed by atoms with Gasteiger partial charge in [-0.1, -0.05) is 24.3 Å². The number of esters is 1. The molecule has 6 nitrogen and oxygen atoms in total. The number of urea groups is 1. The van der Waals surface area contributed by atoms with E-state index in [1.54, 1.807) is 18.0 Å². The Bertz CT molecular complexity index is 647. The molecule has 0 unspecified atom stereocenters. The summed E-state index contributed by atoms with van der Waals surface area (Å²) in [5.74, 6) is -0.323. The molecule has 2 rings (SSSR count). The van der Waals surface area contributed by atoms with Gasteiger partial charge in [-0.05, 0) is 31.2 Å². The predicted molar refractivity (Wildman–Crippen MR) is 91.4 cm³/mol. The fourth-order valence-corrected chi connectivity index (χ4v) is 2.12. The lowest BCUT2D eigenvalue weighted by Crippen LogP contribution is -2.36. The van der Waals surface area contributed by atoms with Crippen molar-refractivity contribution in [2.75, 3.05) is 18.5 Å². The summed E-state index contributed by atoms with van der Waals surface area (Å²) in [4.78, 5) is 29.9. The third-order valence-electron chi connectivity index (χ3n) is 3.28. The highest BCUT2D eigenvalue weighted by Crippen LogP contribution is 2.09. The Hall–Kier alpha value is -2.89. The lowest BCUT2D eigenvalue weighted by Gasteiger charge is -2.22. The van der Waals surface area contributed by atoms with Crippen molar-refractivity contribution in [2.45, 2.75) is 19.9 Å². The molecule has 126 valence electrons. The quantitative estimate of drug-likeness (QED) is 0.793. The van der Waals surface area contributed by atoms with E-state index in [4.69, 9.17) is 4.74 Å². The number of pyridine rings is 1. The molecule has 0 aliphatic rings. The van der Waals surface area contributed by atoms with Crippen LogP contribution < -0.4 is 5.32 Å². The van der Waals surface area contributed by atoms with E-state index in [0.29, 0.717) is 18.8 Å². The van der Waals surface area contributed by atoms with Gasteiger partial charge in [0, 0.05) is 18.4 Å². The van der Waals surface area contributed by atoms with Crippen molar-refractivity contribution in [1.82, 2.24) is 9.88 Å². The number of nitrogens with one attached hydrogen (secondary N) is 1. The second-order valence-electron chi connectivity index (χ2n) is 5.09. The summed E-state index contributed by atoms with van der Waals surface area (Å²) >= 11 is 0. The first-order valence-electron chi connectivity index (χ1n) is 7.85. The number of carbonyl (C=O) groups is 2. The van der Waals surface area contributed by atoms with Crippen molar-refractivity contribution in [3.8, 4) is 0 Å². The first-order chi connectivity index (χ1) is 11.7. The molecular formula is C18H21N3O3. The second kappa shape index (κ2) is 9.29. The molecule has 0 aliphatic carbocycles. The van der Waals surface area contributed by atoms with Gasteiger partial charge in [-0.3, -0.25) is 9.78 Å². The van der Waals surface area contributed by atoms with Gasteiger partial charge in [0.15, 0.2) is 0 Å². The van der Waals surface area contributed by atoms with Crippen molar-refractivity contribution < 1.29 is 14.3 Å². The van der Waals surface area contributed by atoms with Gasteiger partial charge in [-0.15, -0.1) is 0 Å². The van der Waals surface area contributed by atoms with E-state index in [1.807, 2.05) is 48.5 Å². The Balaban J connectivity index is 2.03. The smallest absolute Gasteiger partial charge is 0.322 e. The maximum absolute atomic E-state index is 12.5. The summed E-state index contributed by atoms with van der Waals surface area (Å²) < 4.78 is 4.93. The normalized spacial score (nSPS) is 10.0. The van der Waals surface area contributed by atoms with Crippen molar-refractivity contribution in [1.29, 1.82) is 0 Å². The Kier molecular flexibility index (Phi) is 6.76. The van der Waals surface area contributed by atoms with Gasteiger partial charge in [0.25, 0.3) is 0 Å². The van der Waals surface area contributed by atoms with Crippen molar-refractivity contribution >= 4 is 17.7 Å². The fraction of sp³-hybridized carbons (Fsp3) is 0.278. The van der Waals surface area contributed by atoms with E-state index in [2.05, 4.69) is 10.3 Å². The number of ether oxygens (including phenoxy) is 1. The molecule has 1 heterocycles. The molecule has 0 radical (unpaired) electrons. The molecule has 2 aromatic rings. The van der Waals surface area contributed by atoms with E-state index in [0.717, 1.165) is 5.69 Å². The number of nitrogens with zero attached hydrogens (tertiary/aromatic N) is 2. The molecule has 1 N–H and O–H groups in total. The lowest BCUT2D eigenvalue weighted by atomic mass is 10.3. The zero-order valence-electron chi connectivity index (χ0n) is 13.6. The van der Waals surface area contributed by atoms with Crippen molar-refractivity contribution in [3.05, 3.63) is 60.4 Å². The zero-order valence-corrected chi connectivity index (χ0v) is 13.6. The molecule has 0 aliphatic heterocycles. The van der Waals surface area contributed by atoms with Gasteiger partial charge >= 0.3 is 12.0 Å². The highest BCUT2D eigenvalue weighted by Gasteiger charge is 2.16. The number of benzene rings is 1. The van der Waals surface area contributed by atoms with Crippen LogP contribution in [0.5, 0.6) is 0 Å². The third kappa shape index (κ3) is 5.72. The van der Waals surface area contributed by atoms with Crippen LogP contribution in [0.3, 0.4) is 0 Å². The summed E-state index contributed by atoms with van der Waals surface area (Å²) in [6, 6.07) is 14.4. The molecule has 1 aromatic heterocycles. The van der Waals surface area contributed by atoms with Crippen LogP contribution in [0.4, 0.5) is 10.5 Å². The van der Waals surface area contributed by atoms with Gasteiger partial charge in [-0.2, -0.15) is 0 Å². The van der Waals surface area contributed by atoms with Gasteiger partial charge in [-0.25, -0.2) is 4.79 Å². The Labute approximate surface area is 141 Å². The summed E-state index contributed by atoms with van der Waals surface area (Å²) in [6.07, 6.45) is 1.82. The highest BCUT2D eigenvalue weighted by atomic mass is 16.5. The number of hydrogen-bond donors (Lipinski definition) is 1. The number of aromatic nitrogens is 1. The first kappa shape index (κ1) is 17.5. The predicted octanol–water partition coefficient (Wildman–Crippen LogP) is 3.07. The van der Waals surface area contributed by atoms with Crippen LogP contribution in [0.15, 0.2) is 54.7 Å². The molecule has 6 heteroatoms. The SMILES string of the molecule is CCOC(=O)CCN(Cc1ccccn1)C(=O)Nc1ccccc1. The summed E-state index contributed by atoms with van der Waals surface area (Å²) in [6.45, 7) is 2.66. The maximum Gasteiger partial charge on any atom is 0.322 e. The van der Waals surface area contributed by atoms with Gasteiger partial charge in [0.1, 0.15) is 0 Å². The standard InChI is InChI=1S/C18H21N3O3/c1-2-24-17(22)11-13-21(14-16-10-6-7-12-19-16)18(23)20-15-8-4-3-5-9-15/h3-10,12H,2,11,13-14H2,1H3,(H,20,23). The number of carbonyl (C=O) groups excluding carboxylic acids is 2. The average Bonchev–Trinajstić information content (AvgIpc) is 2.60. The molecule has 0 spiro atoms. The van der Waals surface area contributed by atoms with E-state index < -0.39 is 0 Å². The minimum Gasteiger partial charge on any atom is -0.466 e. The van der Waals surface area contributed by atoms with E-state index >= 15 is 0 Å². The summed E-state index contributed by atoms with van der Waals surface area (Å²) in [5.41, 5.74) is 1.45. The first-order valence-corrected chi connectivity index (χ1v) is 7.85. The van der Waals surface area contributed by atoms with Crippen molar-refractivity contribution in [2.24, 2.45) is 0 Å². The molecule has 2 amide bonds. The zero-order chi connectivity index (χ0) is 17.2. The second-order valence-corrected chi connectivity index (χ2v) is 5.09. The Morgan fingerprint density at radius 1 is 1.12 bits per heavy atom. The molecule has 24 heavy (non-hydrogen) atoms. The van der Waals surface area contributed by atoms with Gasteiger partial charge < -0.3 is 15.0 Å². The van der Waals surface area contributed by atoms with Crippen LogP contribution in [-0.4, -0.2) is 35.0 Å². The van der Waals surface area contributed by atoms with E-state index in [9.17, 15) is 9.59 Å².